The molecule has 1 N–H and O–H groups in total. The molecule has 0 unspecified atom stereocenters. The number of hydrogen-bond donors (Lipinski definition) is 1. The molecular weight excluding hydrogens is 324 g/mol. The molecule has 0 aliphatic carbocycles. The minimum absolute atomic E-state index is 0.0967. The molecule has 26 heavy (non-hydrogen) atoms. The molecule has 2 aromatic heterocycles. The number of rotatable bonds is 5. The second-order valence-electron chi connectivity index (χ2n) is 7.20. The number of carbonyl (C=O) groups excluding carboxylic acids is 1. The van der Waals surface area contributed by atoms with Crippen LogP contribution in [0.15, 0.2) is 24.5 Å². The van der Waals surface area contributed by atoms with Crippen molar-refractivity contribution in [3.63, 3.8) is 0 Å². The molecule has 1 atom stereocenters. The summed E-state index contributed by atoms with van der Waals surface area (Å²) >= 11 is 0. The van der Waals surface area contributed by atoms with Gasteiger partial charge in [-0.05, 0) is 64.3 Å². The van der Waals surface area contributed by atoms with Crippen molar-refractivity contribution in [3.05, 3.63) is 58.2 Å². The van der Waals surface area contributed by atoms with E-state index < -0.39 is 0 Å². The van der Waals surface area contributed by atoms with Gasteiger partial charge in [0.05, 0.1) is 5.69 Å². The highest BCUT2D eigenvalue weighted by Crippen LogP contribution is 2.32. The minimum atomic E-state index is 0.0967. The number of carbonyl (C=O) groups is 1. The summed E-state index contributed by atoms with van der Waals surface area (Å²) in [4.78, 5) is 16.8. The van der Waals surface area contributed by atoms with Crippen molar-refractivity contribution < 1.29 is 4.79 Å². The Kier molecular flexibility index (Phi) is 4.81. The molecule has 0 saturated carbocycles. The maximum Gasteiger partial charge on any atom is 0.160 e. The predicted molar refractivity (Wildman–Crippen MR) is 104 cm³/mol. The first-order valence-electron chi connectivity index (χ1n) is 8.95. The fourth-order valence-electron chi connectivity index (χ4n) is 3.91. The van der Waals surface area contributed by atoms with Crippen molar-refractivity contribution in [2.24, 2.45) is 0 Å². The zero-order chi connectivity index (χ0) is 19.0. The standard InChI is InChI=1S/C21H26N4O/c1-12-9-13(2)20(16(5)19(12)17(6)26)21-22-7-8-25(21)15(4)11-18-10-14(3)23-24-18/h7-10,15H,11H2,1-6H3,(H,23,24)/t15-/m0/s1. The molecule has 0 fully saturated rings. The number of nitrogens with one attached hydrogen (secondary N) is 1. The number of H-pyrrole nitrogens is 1. The van der Waals surface area contributed by atoms with E-state index in [1.165, 1.54) is 0 Å². The van der Waals surface area contributed by atoms with Gasteiger partial charge in [-0.3, -0.25) is 9.89 Å². The Morgan fingerprint density at radius 2 is 1.92 bits per heavy atom. The second-order valence-corrected chi connectivity index (χ2v) is 7.20. The molecule has 0 amide bonds. The molecule has 5 nitrogen and oxygen atoms in total. The topological polar surface area (TPSA) is 63.6 Å². The quantitative estimate of drug-likeness (QED) is 0.688. The highest BCUT2D eigenvalue weighted by atomic mass is 16.1. The van der Waals surface area contributed by atoms with E-state index in [2.05, 4.69) is 45.7 Å². The lowest BCUT2D eigenvalue weighted by molar-refractivity contribution is 0.101. The average molecular weight is 350 g/mol. The second kappa shape index (κ2) is 6.90. The number of benzene rings is 1. The molecule has 2 heterocycles. The number of aromatic amines is 1. The van der Waals surface area contributed by atoms with Gasteiger partial charge < -0.3 is 4.57 Å². The summed E-state index contributed by atoms with van der Waals surface area (Å²) in [5.74, 6) is 1.00. The van der Waals surface area contributed by atoms with E-state index in [9.17, 15) is 4.79 Å². The first-order valence-corrected chi connectivity index (χ1v) is 8.95. The molecular formula is C21H26N4O. The van der Waals surface area contributed by atoms with Gasteiger partial charge in [0, 0.05) is 41.7 Å². The van der Waals surface area contributed by atoms with Crippen LogP contribution in [0.25, 0.3) is 11.4 Å². The van der Waals surface area contributed by atoms with Crippen molar-refractivity contribution in [3.8, 4) is 11.4 Å². The normalized spacial score (nSPS) is 12.4. The third-order valence-corrected chi connectivity index (χ3v) is 4.95. The van der Waals surface area contributed by atoms with Gasteiger partial charge in [0.25, 0.3) is 0 Å². The Balaban J connectivity index is 2.06. The number of imidazole rings is 1. The summed E-state index contributed by atoms with van der Waals surface area (Å²) < 4.78 is 2.18. The summed E-state index contributed by atoms with van der Waals surface area (Å²) in [5, 5.41) is 7.35. The van der Waals surface area contributed by atoms with Gasteiger partial charge in [0.1, 0.15) is 5.82 Å². The fraction of sp³-hybridized carbons (Fsp3) is 0.381. The Labute approximate surface area is 154 Å². The van der Waals surface area contributed by atoms with Gasteiger partial charge in [-0.2, -0.15) is 5.10 Å². The number of nitrogens with zero attached hydrogens (tertiary/aromatic N) is 3. The maximum absolute atomic E-state index is 12.1. The number of ketones is 1. The molecule has 1 aromatic carbocycles. The van der Waals surface area contributed by atoms with E-state index in [0.29, 0.717) is 0 Å². The minimum Gasteiger partial charge on any atom is -0.328 e. The van der Waals surface area contributed by atoms with Crippen LogP contribution in [0.3, 0.4) is 0 Å². The smallest absolute Gasteiger partial charge is 0.160 e. The Morgan fingerprint density at radius 3 is 2.54 bits per heavy atom. The highest BCUT2D eigenvalue weighted by molar-refractivity contribution is 5.99. The van der Waals surface area contributed by atoms with E-state index in [1.54, 1.807) is 6.92 Å². The largest absolute Gasteiger partial charge is 0.328 e. The number of Topliss-reactive ketones (excluding diaryl/α,β-unsaturated/α-hetero) is 1. The Bertz CT molecular complexity index is 965. The van der Waals surface area contributed by atoms with Gasteiger partial charge in [0.15, 0.2) is 5.78 Å². The monoisotopic (exact) mass is 350 g/mol. The molecule has 3 rings (SSSR count). The molecule has 0 spiro atoms. The van der Waals surface area contributed by atoms with Crippen molar-refractivity contribution in [1.29, 1.82) is 0 Å². The molecule has 3 aromatic rings. The van der Waals surface area contributed by atoms with E-state index in [-0.39, 0.29) is 11.8 Å². The summed E-state index contributed by atoms with van der Waals surface area (Å²) in [7, 11) is 0. The molecule has 5 heteroatoms. The average Bonchev–Trinajstić information content (AvgIpc) is 3.15. The van der Waals surface area contributed by atoms with E-state index in [0.717, 1.165) is 51.5 Å². The molecule has 0 saturated heterocycles. The third-order valence-electron chi connectivity index (χ3n) is 4.95. The van der Waals surface area contributed by atoms with Crippen LogP contribution in [0.1, 0.15) is 58.3 Å². The highest BCUT2D eigenvalue weighted by Gasteiger charge is 2.20. The number of aryl methyl sites for hydroxylation is 3. The van der Waals surface area contributed by atoms with Crippen LogP contribution in [0.2, 0.25) is 0 Å². The van der Waals surface area contributed by atoms with Crippen molar-refractivity contribution >= 4 is 5.78 Å². The SMILES string of the molecule is CC(=O)c1c(C)cc(C)c(-c2nccn2[C@@H](C)Cc2cc(C)[nH]n2)c1C. The van der Waals surface area contributed by atoms with Crippen LogP contribution in [0, 0.1) is 27.7 Å². The van der Waals surface area contributed by atoms with Crippen LogP contribution >= 0.6 is 0 Å². The van der Waals surface area contributed by atoms with Crippen LogP contribution in [0.5, 0.6) is 0 Å². The Hall–Kier alpha value is -2.69. The summed E-state index contributed by atoms with van der Waals surface area (Å²) in [6.07, 6.45) is 4.65. The van der Waals surface area contributed by atoms with Crippen LogP contribution in [-0.2, 0) is 6.42 Å². The van der Waals surface area contributed by atoms with Crippen molar-refractivity contribution in [2.75, 3.05) is 0 Å². The van der Waals surface area contributed by atoms with Crippen LogP contribution in [0.4, 0.5) is 0 Å². The fourth-order valence-corrected chi connectivity index (χ4v) is 3.91. The lowest BCUT2D eigenvalue weighted by Gasteiger charge is -2.20. The summed E-state index contributed by atoms with van der Waals surface area (Å²) in [6.45, 7) is 11.9. The lowest BCUT2D eigenvalue weighted by atomic mass is 9.91. The van der Waals surface area contributed by atoms with E-state index >= 15 is 0 Å². The van der Waals surface area contributed by atoms with Gasteiger partial charge in [0.2, 0.25) is 0 Å². The number of aromatic nitrogens is 4. The van der Waals surface area contributed by atoms with Crippen LogP contribution in [-0.4, -0.2) is 25.5 Å². The van der Waals surface area contributed by atoms with Crippen molar-refractivity contribution in [2.45, 2.75) is 54.0 Å². The zero-order valence-corrected chi connectivity index (χ0v) is 16.3. The summed E-state index contributed by atoms with van der Waals surface area (Å²) in [5.41, 5.74) is 7.12. The summed E-state index contributed by atoms with van der Waals surface area (Å²) in [6, 6.07) is 4.36. The van der Waals surface area contributed by atoms with Crippen LogP contribution < -0.4 is 0 Å². The first-order chi connectivity index (χ1) is 12.3. The Morgan fingerprint density at radius 1 is 1.19 bits per heavy atom. The van der Waals surface area contributed by atoms with Gasteiger partial charge in [-0.25, -0.2) is 4.98 Å². The first kappa shape index (κ1) is 18.1. The molecule has 0 aliphatic rings. The van der Waals surface area contributed by atoms with E-state index in [1.807, 2.05) is 33.2 Å². The maximum atomic E-state index is 12.1. The van der Waals surface area contributed by atoms with E-state index in [4.69, 9.17) is 0 Å². The molecule has 136 valence electrons. The van der Waals surface area contributed by atoms with Gasteiger partial charge in [-0.15, -0.1) is 0 Å². The van der Waals surface area contributed by atoms with Gasteiger partial charge in [-0.1, -0.05) is 6.07 Å². The predicted octanol–water partition coefficient (Wildman–Crippen LogP) is 4.51. The zero-order valence-electron chi connectivity index (χ0n) is 16.3. The molecule has 0 radical (unpaired) electrons. The third kappa shape index (κ3) is 3.21. The van der Waals surface area contributed by atoms with Crippen molar-refractivity contribution in [1.82, 2.24) is 19.7 Å². The molecule has 0 aliphatic heterocycles. The molecule has 0 bridgehead atoms. The lowest BCUT2D eigenvalue weighted by Crippen LogP contribution is -2.12. The number of hydrogen-bond acceptors (Lipinski definition) is 3. The van der Waals surface area contributed by atoms with Gasteiger partial charge >= 0.3 is 0 Å².